The summed E-state index contributed by atoms with van der Waals surface area (Å²) in [4.78, 5) is 14.8. The number of carbonyl (C=O) groups is 1. The number of para-hydroxylation sites is 1. The van der Waals surface area contributed by atoms with Crippen molar-refractivity contribution in [2.75, 3.05) is 32.5 Å². The molecule has 168 valence electrons. The zero-order valence-electron chi connectivity index (χ0n) is 18.7. The van der Waals surface area contributed by atoms with Gasteiger partial charge in [0, 0.05) is 45.1 Å². The molecule has 1 atom stereocenters. The molecule has 1 aliphatic heterocycles. The Morgan fingerprint density at radius 2 is 1.94 bits per heavy atom. The minimum atomic E-state index is -3.86. The lowest BCUT2D eigenvalue weighted by atomic mass is 9.98. The Labute approximate surface area is 183 Å². The fraction of sp³-hybridized carbons (Fsp3) is 0.455. The van der Waals surface area contributed by atoms with Crippen LogP contribution in [0.1, 0.15) is 35.4 Å². The summed E-state index contributed by atoms with van der Waals surface area (Å²) < 4.78 is 33.5. The number of carbonyl (C=O) groups excluding carboxylic acids is 1. The van der Waals surface area contributed by atoms with Gasteiger partial charge in [0.15, 0.2) is 10.7 Å². The van der Waals surface area contributed by atoms with E-state index in [0.717, 1.165) is 16.8 Å². The van der Waals surface area contributed by atoms with Gasteiger partial charge in [-0.2, -0.15) is 4.31 Å². The molecule has 1 aromatic heterocycles. The van der Waals surface area contributed by atoms with Gasteiger partial charge in [-0.05, 0) is 44.7 Å². The van der Waals surface area contributed by atoms with Gasteiger partial charge in [0.2, 0.25) is 15.9 Å². The Hall–Kier alpha value is -2.65. The van der Waals surface area contributed by atoms with Gasteiger partial charge in [-0.15, -0.1) is 0 Å². The first-order valence-electron chi connectivity index (χ1n) is 10.3. The first-order valence-corrected chi connectivity index (χ1v) is 11.7. The van der Waals surface area contributed by atoms with Crippen molar-refractivity contribution in [2.24, 2.45) is 5.92 Å². The number of rotatable bonds is 6. The van der Waals surface area contributed by atoms with Crippen molar-refractivity contribution in [3.63, 3.8) is 0 Å². The SMILES string of the molecule is Cc1cccc(C)c1NC(=O)[C@@H]1CCCN(S(=O)(=O)c2c(C)noc2/C=C/N(C)C)C1. The molecule has 2 heterocycles. The van der Waals surface area contributed by atoms with Crippen LogP contribution in [0.25, 0.3) is 6.08 Å². The second-order valence-electron chi connectivity index (χ2n) is 8.20. The summed E-state index contributed by atoms with van der Waals surface area (Å²) in [6.45, 7) is 5.98. The van der Waals surface area contributed by atoms with Gasteiger partial charge in [-0.25, -0.2) is 8.42 Å². The quantitative estimate of drug-likeness (QED) is 0.732. The van der Waals surface area contributed by atoms with Gasteiger partial charge in [0.05, 0.1) is 5.92 Å². The van der Waals surface area contributed by atoms with E-state index in [1.165, 1.54) is 4.31 Å². The molecular formula is C22H30N4O4S. The molecule has 1 fully saturated rings. The molecule has 0 saturated carbocycles. The molecule has 0 radical (unpaired) electrons. The predicted molar refractivity (Wildman–Crippen MR) is 120 cm³/mol. The largest absolute Gasteiger partial charge is 0.383 e. The minimum Gasteiger partial charge on any atom is -0.383 e. The number of nitrogens with one attached hydrogen (secondary N) is 1. The Kier molecular flexibility index (Phi) is 6.86. The van der Waals surface area contributed by atoms with Crippen LogP contribution < -0.4 is 5.32 Å². The van der Waals surface area contributed by atoms with Crippen molar-refractivity contribution in [1.82, 2.24) is 14.4 Å². The Bertz CT molecular complexity index is 1070. The van der Waals surface area contributed by atoms with Gasteiger partial charge < -0.3 is 14.7 Å². The highest BCUT2D eigenvalue weighted by Crippen LogP contribution is 2.30. The van der Waals surface area contributed by atoms with Gasteiger partial charge in [-0.3, -0.25) is 4.79 Å². The summed E-state index contributed by atoms with van der Waals surface area (Å²) >= 11 is 0. The monoisotopic (exact) mass is 446 g/mol. The molecule has 1 N–H and O–H groups in total. The molecule has 0 unspecified atom stereocenters. The lowest BCUT2D eigenvalue weighted by Crippen LogP contribution is -2.44. The molecule has 8 nitrogen and oxygen atoms in total. The fourth-order valence-electron chi connectivity index (χ4n) is 3.76. The summed E-state index contributed by atoms with van der Waals surface area (Å²) in [5, 5.41) is 6.86. The zero-order valence-corrected chi connectivity index (χ0v) is 19.5. The molecule has 2 aromatic rings. The van der Waals surface area contributed by atoms with Gasteiger partial charge >= 0.3 is 0 Å². The summed E-state index contributed by atoms with van der Waals surface area (Å²) in [6.07, 6.45) is 4.54. The third kappa shape index (κ3) is 4.99. The highest BCUT2D eigenvalue weighted by molar-refractivity contribution is 7.89. The number of benzene rings is 1. The number of aryl methyl sites for hydroxylation is 3. The van der Waals surface area contributed by atoms with E-state index in [4.69, 9.17) is 4.52 Å². The van der Waals surface area contributed by atoms with E-state index in [1.807, 2.05) is 46.1 Å². The lowest BCUT2D eigenvalue weighted by Gasteiger charge is -2.31. The summed E-state index contributed by atoms with van der Waals surface area (Å²) in [7, 11) is -0.194. The third-order valence-corrected chi connectivity index (χ3v) is 7.46. The predicted octanol–water partition coefficient (Wildman–Crippen LogP) is 3.17. The molecular weight excluding hydrogens is 416 g/mol. The maximum Gasteiger partial charge on any atom is 0.248 e. The van der Waals surface area contributed by atoms with Crippen LogP contribution in [0.4, 0.5) is 5.69 Å². The van der Waals surface area contributed by atoms with Crippen LogP contribution in [-0.2, 0) is 14.8 Å². The summed E-state index contributed by atoms with van der Waals surface area (Å²) in [6, 6.07) is 5.83. The van der Waals surface area contributed by atoms with Gasteiger partial charge in [-0.1, -0.05) is 23.4 Å². The Balaban J connectivity index is 1.82. The topological polar surface area (TPSA) is 95.8 Å². The van der Waals surface area contributed by atoms with Crippen LogP contribution >= 0.6 is 0 Å². The van der Waals surface area contributed by atoms with Crippen LogP contribution in [0.2, 0.25) is 0 Å². The number of anilines is 1. The molecule has 9 heteroatoms. The smallest absolute Gasteiger partial charge is 0.248 e. The van der Waals surface area contributed by atoms with Crippen molar-refractivity contribution < 1.29 is 17.7 Å². The first-order chi connectivity index (χ1) is 14.6. The van der Waals surface area contributed by atoms with E-state index in [0.29, 0.717) is 25.1 Å². The van der Waals surface area contributed by atoms with Crippen molar-refractivity contribution in [3.8, 4) is 0 Å². The minimum absolute atomic E-state index is 0.0569. The number of aromatic nitrogens is 1. The maximum absolute atomic E-state index is 13.4. The second-order valence-corrected chi connectivity index (χ2v) is 10.1. The van der Waals surface area contributed by atoms with Crippen LogP contribution in [0, 0.1) is 26.7 Å². The van der Waals surface area contributed by atoms with Crippen LogP contribution in [0.3, 0.4) is 0 Å². The van der Waals surface area contributed by atoms with E-state index in [-0.39, 0.29) is 23.1 Å². The first kappa shape index (κ1) is 23.0. The molecule has 3 rings (SSSR count). The standard InChI is InChI=1S/C22H30N4O4S/c1-15-8-6-9-16(2)20(15)23-22(27)18-10-7-12-26(14-18)31(28,29)21-17(3)24-30-19(21)11-13-25(4)5/h6,8-9,11,13,18H,7,10,12,14H2,1-5H3,(H,23,27)/b13-11+/t18-/m1/s1. The number of amides is 1. The summed E-state index contributed by atoms with van der Waals surface area (Å²) in [5.41, 5.74) is 3.05. The highest BCUT2D eigenvalue weighted by Gasteiger charge is 2.37. The second kappa shape index (κ2) is 9.23. The molecule has 0 aliphatic carbocycles. The van der Waals surface area contributed by atoms with E-state index < -0.39 is 15.9 Å². The van der Waals surface area contributed by atoms with E-state index in [2.05, 4.69) is 10.5 Å². The molecule has 31 heavy (non-hydrogen) atoms. The summed E-state index contributed by atoms with van der Waals surface area (Å²) in [5.74, 6) is -0.399. The molecule has 0 bridgehead atoms. The number of sulfonamides is 1. The van der Waals surface area contributed by atoms with Crippen molar-refractivity contribution in [1.29, 1.82) is 0 Å². The number of hydrogen-bond donors (Lipinski definition) is 1. The van der Waals surface area contributed by atoms with Gasteiger partial charge in [0.1, 0.15) is 5.69 Å². The van der Waals surface area contributed by atoms with E-state index >= 15 is 0 Å². The Morgan fingerprint density at radius 3 is 2.58 bits per heavy atom. The normalized spacial score (nSPS) is 17.8. The molecule has 1 amide bonds. The molecule has 0 spiro atoms. The number of piperidine rings is 1. The van der Waals surface area contributed by atoms with Crippen molar-refractivity contribution >= 4 is 27.7 Å². The maximum atomic E-state index is 13.4. The van der Waals surface area contributed by atoms with Gasteiger partial charge in [0.25, 0.3) is 0 Å². The van der Waals surface area contributed by atoms with Crippen molar-refractivity contribution in [3.05, 3.63) is 47.0 Å². The number of nitrogens with zero attached hydrogens (tertiary/aromatic N) is 3. The Morgan fingerprint density at radius 1 is 1.26 bits per heavy atom. The average Bonchev–Trinajstić information content (AvgIpc) is 3.10. The molecule has 1 saturated heterocycles. The molecule has 1 aliphatic rings. The van der Waals surface area contributed by atoms with Crippen molar-refractivity contribution in [2.45, 2.75) is 38.5 Å². The average molecular weight is 447 g/mol. The van der Waals surface area contributed by atoms with Crippen LogP contribution in [0.5, 0.6) is 0 Å². The van der Waals surface area contributed by atoms with Crippen LogP contribution in [0.15, 0.2) is 33.8 Å². The third-order valence-electron chi connectivity index (χ3n) is 5.44. The van der Waals surface area contributed by atoms with Crippen LogP contribution in [-0.4, -0.2) is 55.9 Å². The highest BCUT2D eigenvalue weighted by atomic mass is 32.2. The van der Waals surface area contributed by atoms with E-state index in [1.54, 1.807) is 24.1 Å². The zero-order chi connectivity index (χ0) is 22.8. The number of hydrogen-bond acceptors (Lipinski definition) is 6. The van der Waals surface area contributed by atoms with E-state index in [9.17, 15) is 13.2 Å². The molecule has 1 aromatic carbocycles. The fourth-order valence-corrected chi connectivity index (χ4v) is 5.53. The lowest BCUT2D eigenvalue weighted by molar-refractivity contribution is -0.120.